The molecule has 0 spiro atoms. The van der Waals surface area contributed by atoms with Gasteiger partial charge < -0.3 is 4.90 Å². The molecule has 3 rings (SSSR count). The second-order valence-electron chi connectivity index (χ2n) is 5.51. The molecule has 0 bridgehead atoms. The highest BCUT2D eigenvalue weighted by atomic mass is 32.1. The van der Waals surface area contributed by atoms with Crippen LogP contribution in [0.1, 0.15) is 17.0 Å². The lowest BCUT2D eigenvalue weighted by molar-refractivity contribution is -0.144. The van der Waals surface area contributed by atoms with Gasteiger partial charge in [0.15, 0.2) is 5.82 Å². The van der Waals surface area contributed by atoms with Crippen LogP contribution >= 0.6 is 11.3 Å². The SMILES string of the molecule is CN(Cc1ccccc1C(F)(F)F)c1nc(C(F)(F)F)nc2ccsc12. The number of thiophene rings is 1. The van der Waals surface area contributed by atoms with Gasteiger partial charge in [-0.15, -0.1) is 11.3 Å². The van der Waals surface area contributed by atoms with E-state index in [1.165, 1.54) is 36.2 Å². The van der Waals surface area contributed by atoms with E-state index in [0.29, 0.717) is 4.70 Å². The number of aromatic nitrogens is 2. The molecule has 0 radical (unpaired) electrons. The summed E-state index contributed by atoms with van der Waals surface area (Å²) in [6, 6.07) is 6.34. The molecule has 0 atom stereocenters. The number of fused-ring (bicyclic) bond motifs is 1. The van der Waals surface area contributed by atoms with E-state index >= 15 is 0 Å². The van der Waals surface area contributed by atoms with Gasteiger partial charge in [0.25, 0.3) is 0 Å². The van der Waals surface area contributed by atoms with Crippen molar-refractivity contribution < 1.29 is 26.3 Å². The predicted octanol–water partition coefficient (Wildman–Crippen LogP) is 5.37. The molecule has 0 saturated carbocycles. The number of rotatable bonds is 3. The van der Waals surface area contributed by atoms with E-state index < -0.39 is 23.7 Å². The van der Waals surface area contributed by atoms with Crippen LogP contribution < -0.4 is 4.90 Å². The van der Waals surface area contributed by atoms with Crippen LogP contribution in [0, 0.1) is 0 Å². The van der Waals surface area contributed by atoms with E-state index in [2.05, 4.69) is 9.97 Å². The van der Waals surface area contributed by atoms with Gasteiger partial charge in [-0.2, -0.15) is 26.3 Å². The smallest absolute Gasteiger partial charge is 0.354 e. The molecule has 0 N–H and O–H groups in total. The Labute approximate surface area is 147 Å². The van der Waals surface area contributed by atoms with Crippen molar-refractivity contribution in [1.82, 2.24) is 9.97 Å². The highest BCUT2D eigenvalue weighted by molar-refractivity contribution is 7.17. The molecular weight excluding hydrogens is 380 g/mol. The number of halogens is 6. The zero-order valence-electron chi connectivity index (χ0n) is 13.2. The lowest BCUT2D eigenvalue weighted by Gasteiger charge is -2.22. The van der Waals surface area contributed by atoms with Gasteiger partial charge in [0.05, 0.1) is 15.8 Å². The molecule has 10 heteroatoms. The largest absolute Gasteiger partial charge is 0.451 e. The van der Waals surface area contributed by atoms with Crippen LogP contribution in [0.2, 0.25) is 0 Å². The summed E-state index contributed by atoms with van der Waals surface area (Å²) < 4.78 is 78.9. The second kappa shape index (κ2) is 6.42. The maximum absolute atomic E-state index is 13.1. The minimum atomic E-state index is -4.75. The zero-order chi connectivity index (χ0) is 19.1. The second-order valence-corrected chi connectivity index (χ2v) is 6.43. The van der Waals surface area contributed by atoms with Crippen LogP contribution in [-0.2, 0) is 18.9 Å². The molecule has 1 aromatic carbocycles. The third-order valence-electron chi connectivity index (χ3n) is 3.63. The highest BCUT2D eigenvalue weighted by Crippen LogP contribution is 2.36. The first kappa shape index (κ1) is 18.4. The van der Waals surface area contributed by atoms with Crippen LogP contribution in [0.15, 0.2) is 35.7 Å². The molecule has 0 aliphatic heterocycles. The first-order valence-corrected chi connectivity index (χ1v) is 8.14. The van der Waals surface area contributed by atoms with E-state index in [1.807, 2.05) is 0 Å². The maximum atomic E-state index is 13.1. The molecule has 0 fully saturated rings. The summed E-state index contributed by atoms with van der Waals surface area (Å²) in [5.74, 6) is -1.39. The topological polar surface area (TPSA) is 29.0 Å². The lowest BCUT2D eigenvalue weighted by atomic mass is 10.1. The number of hydrogen-bond acceptors (Lipinski definition) is 4. The van der Waals surface area contributed by atoms with Gasteiger partial charge in [0.2, 0.25) is 5.82 Å². The average Bonchev–Trinajstić information content (AvgIpc) is 3.01. The minimum absolute atomic E-state index is 0.0561. The Kier molecular flexibility index (Phi) is 4.55. The fourth-order valence-electron chi connectivity index (χ4n) is 2.50. The van der Waals surface area contributed by atoms with Gasteiger partial charge in [-0.05, 0) is 23.1 Å². The van der Waals surface area contributed by atoms with Crippen molar-refractivity contribution in [3.05, 3.63) is 52.7 Å². The van der Waals surface area contributed by atoms with Crippen LogP contribution in [0.5, 0.6) is 0 Å². The minimum Gasteiger partial charge on any atom is -0.354 e. The molecule has 0 amide bonds. The summed E-state index contributed by atoms with van der Waals surface area (Å²) in [6.45, 7) is -0.253. The van der Waals surface area contributed by atoms with Crippen molar-refractivity contribution in [3.8, 4) is 0 Å². The third-order valence-corrected chi connectivity index (χ3v) is 4.53. The predicted molar refractivity (Wildman–Crippen MR) is 86.0 cm³/mol. The van der Waals surface area contributed by atoms with E-state index in [4.69, 9.17) is 0 Å². The fraction of sp³-hybridized carbons (Fsp3) is 0.250. The number of anilines is 1. The molecule has 3 nitrogen and oxygen atoms in total. The zero-order valence-corrected chi connectivity index (χ0v) is 14.0. The van der Waals surface area contributed by atoms with Gasteiger partial charge in [0, 0.05) is 13.6 Å². The van der Waals surface area contributed by atoms with Gasteiger partial charge >= 0.3 is 12.4 Å². The summed E-state index contributed by atoms with van der Waals surface area (Å²) in [4.78, 5) is 8.30. The van der Waals surface area contributed by atoms with Crippen LogP contribution in [-0.4, -0.2) is 17.0 Å². The fourth-order valence-corrected chi connectivity index (χ4v) is 3.37. The molecule has 3 aromatic rings. The number of nitrogens with zero attached hydrogens (tertiary/aromatic N) is 3. The summed E-state index contributed by atoms with van der Waals surface area (Å²) in [5, 5.41) is 1.56. The Hall–Kier alpha value is -2.36. The summed E-state index contributed by atoms with van der Waals surface area (Å²) in [5.41, 5.74) is -0.790. The Balaban J connectivity index is 2.04. The first-order valence-electron chi connectivity index (χ1n) is 7.26. The monoisotopic (exact) mass is 391 g/mol. The first-order chi connectivity index (χ1) is 12.1. The highest BCUT2D eigenvalue weighted by Gasteiger charge is 2.36. The van der Waals surface area contributed by atoms with Gasteiger partial charge in [-0.3, -0.25) is 0 Å². The van der Waals surface area contributed by atoms with Crippen LogP contribution in [0.3, 0.4) is 0 Å². The molecule has 2 aromatic heterocycles. The van der Waals surface area contributed by atoms with Crippen molar-refractivity contribution in [3.63, 3.8) is 0 Å². The third kappa shape index (κ3) is 3.59. The Bertz CT molecular complexity index is 932. The van der Waals surface area contributed by atoms with Gasteiger partial charge in [-0.25, -0.2) is 9.97 Å². The Morgan fingerprint density at radius 1 is 0.962 bits per heavy atom. The normalized spacial score (nSPS) is 12.6. The van der Waals surface area contributed by atoms with Crippen molar-refractivity contribution in [2.75, 3.05) is 11.9 Å². The number of hydrogen-bond donors (Lipinski definition) is 0. The van der Waals surface area contributed by atoms with Gasteiger partial charge in [-0.1, -0.05) is 18.2 Å². The molecule has 0 saturated heterocycles. The van der Waals surface area contributed by atoms with Crippen molar-refractivity contribution in [2.24, 2.45) is 0 Å². The van der Waals surface area contributed by atoms with E-state index in [9.17, 15) is 26.3 Å². The quantitative estimate of drug-likeness (QED) is 0.563. The molecule has 26 heavy (non-hydrogen) atoms. The standard InChI is InChI=1S/C16H11F6N3S/c1-25(8-9-4-2-3-5-10(9)15(17,18)19)13-12-11(6-7-26-12)23-14(24-13)16(20,21)22/h2-7H,8H2,1H3. The van der Waals surface area contributed by atoms with Crippen LogP contribution in [0.25, 0.3) is 10.2 Å². The van der Waals surface area contributed by atoms with E-state index in [1.54, 1.807) is 5.38 Å². The van der Waals surface area contributed by atoms with Crippen LogP contribution in [0.4, 0.5) is 32.2 Å². The molecule has 2 heterocycles. The number of alkyl halides is 6. The molecule has 138 valence electrons. The summed E-state index contributed by atoms with van der Waals surface area (Å²) in [6.07, 6.45) is -9.31. The average molecular weight is 391 g/mol. The lowest BCUT2D eigenvalue weighted by Crippen LogP contribution is -2.22. The molecular formula is C16H11F6N3S. The van der Waals surface area contributed by atoms with Gasteiger partial charge in [0.1, 0.15) is 0 Å². The maximum Gasteiger partial charge on any atom is 0.451 e. The summed E-state index contributed by atoms with van der Waals surface area (Å²) >= 11 is 1.13. The van der Waals surface area contributed by atoms with Crippen molar-refractivity contribution in [1.29, 1.82) is 0 Å². The van der Waals surface area contributed by atoms with E-state index in [0.717, 1.165) is 17.4 Å². The number of benzene rings is 1. The van der Waals surface area contributed by atoms with E-state index in [-0.39, 0.29) is 23.4 Å². The Morgan fingerprint density at radius 3 is 2.31 bits per heavy atom. The Morgan fingerprint density at radius 2 is 1.65 bits per heavy atom. The molecule has 0 aliphatic carbocycles. The summed E-state index contributed by atoms with van der Waals surface area (Å²) in [7, 11) is 1.40. The van der Waals surface area contributed by atoms with Crippen molar-refractivity contribution in [2.45, 2.75) is 18.9 Å². The molecule has 0 aliphatic rings. The van der Waals surface area contributed by atoms with Crippen molar-refractivity contribution >= 4 is 27.4 Å². The molecule has 0 unspecified atom stereocenters.